The van der Waals surface area contributed by atoms with Gasteiger partial charge in [0.2, 0.25) is 0 Å². The molecule has 0 aliphatic carbocycles. The highest BCUT2D eigenvalue weighted by Gasteiger charge is 2.29. The molecule has 0 heterocycles. The van der Waals surface area contributed by atoms with Crippen LogP contribution < -0.4 is 14.8 Å². The van der Waals surface area contributed by atoms with E-state index in [1.54, 1.807) is 62.3 Å². The summed E-state index contributed by atoms with van der Waals surface area (Å²) >= 11 is 0. The van der Waals surface area contributed by atoms with Crippen LogP contribution in [0.1, 0.15) is 67.9 Å². The minimum Gasteiger partial charge on any atom is -0.480 e. The predicted octanol–water partition coefficient (Wildman–Crippen LogP) is 4.11. The van der Waals surface area contributed by atoms with Crippen molar-refractivity contribution in [2.45, 2.75) is 80.4 Å². The highest BCUT2D eigenvalue weighted by atomic mass is 16.6. The van der Waals surface area contributed by atoms with Crippen molar-refractivity contribution in [3.63, 3.8) is 0 Å². The van der Waals surface area contributed by atoms with Gasteiger partial charge in [0, 0.05) is 6.42 Å². The van der Waals surface area contributed by atoms with Crippen molar-refractivity contribution in [1.82, 2.24) is 5.32 Å². The van der Waals surface area contributed by atoms with E-state index in [2.05, 4.69) is 5.32 Å². The van der Waals surface area contributed by atoms with Gasteiger partial charge in [0.1, 0.15) is 11.6 Å². The number of carbonyl (C=O) groups is 4. The Kier molecular flexibility index (Phi) is 8.66. The van der Waals surface area contributed by atoms with Gasteiger partial charge in [0.15, 0.2) is 11.5 Å². The van der Waals surface area contributed by atoms with E-state index in [9.17, 15) is 24.3 Å². The molecule has 0 bridgehead atoms. The zero-order chi connectivity index (χ0) is 25.8. The van der Waals surface area contributed by atoms with Crippen LogP contribution in [0.5, 0.6) is 11.5 Å². The fourth-order valence-corrected chi connectivity index (χ4v) is 2.24. The largest absolute Gasteiger partial charge is 0.480 e. The average molecular weight is 466 g/mol. The lowest BCUT2D eigenvalue weighted by molar-refractivity contribution is -0.145. The fraction of sp³-hybridized carbons (Fsp3) is 0.583. The second kappa shape index (κ2) is 10.2. The van der Waals surface area contributed by atoms with Crippen LogP contribution in [0, 0.1) is 10.8 Å². The molecule has 0 saturated carbocycles. The Labute approximate surface area is 194 Å². The first-order chi connectivity index (χ1) is 14.8. The maximum atomic E-state index is 12.5. The first-order valence-corrected chi connectivity index (χ1v) is 10.6. The Morgan fingerprint density at radius 2 is 1.33 bits per heavy atom. The number of benzene rings is 1. The van der Waals surface area contributed by atoms with Crippen LogP contribution in [0.2, 0.25) is 0 Å². The van der Waals surface area contributed by atoms with E-state index < -0.39 is 46.5 Å². The number of nitrogens with one attached hydrogen (secondary N) is 1. The molecule has 1 amide bonds. The molecule has 0 radical (unpaired) electrons. The van der Waals surface area contributed by atoms with Crippen molar-refractivity contribution in [3.05, 3.63) is 23.8 Å². The summed E-state index contributed by atoms with van der Waals surface area (Å²) in [6.45, 7) is 15.1. The maximum absolute atomic E-state index is 12.5. The van der Waals surface area contributed by atoms with E-state index in [0.717, 1.165) is 0 Å². The van der Waals surface area contributed by atoms with Crippen LogP contribution in [0.4, 0.5) is 4.79 Å². The number of alkyl carbamates (subject to hydrolysis) is 1. The third kappa shape index (κ3) is 9.51. The summed E-state index contributed by atoms with van der Waals surface area (Å²) < 4.78 is 16.0. The molecule has 184 valence electrons. The summed E-state index contributed by atoms with van der Waals surface area (Å²) in [7, 11) is 0. The summed E-state index contributed by atoms with van der Waals surface area (Å²) in [4.78, 5) is 48.5. The lowest BCUT2D eigenvalue weighted by Crippen LogP contribution is -2.44. The number of aliphatic carboxylic acids is 1. The second-order valence-electron chi connectivity index (χ2n) is 10.8. The van der Waals surface area contributed by atoms with Crippen molar-refractivity contribution >= 4 is 24.0 Å². The molecule has 0 spiro atoms. The zero-order valence-electron chi connectivity index (χ0n) is 20.8. The average Bonchev–Trinajstić information content (AvgIpc) is 2.59. The first kappa shape index (κ1) is 27.9. The summed E-state index contributed by atoms with van der Waals surface area (Å²) in [5.74, 6) is -2.35. The van der Waals surface area contributed by atoms with Gasteiger partial charge in [-0.05, 0) is 80.0 Å². The lowest BCUT2D eigenvalue weighted by atomic mass is 9.97. The number of ether oxygens (including phenoxy) is 3. The molecule has 1 rings (SSSR count). The zero-order valence-corrected chi connectivity index (χ0v) is 20.8. The molecule has 1 atom stereocenters. The van der Waals surface area contributed by atoms with Gasteiger partial charge >= 0.3 is 24.0 Å². The Morgan fingerprint density at radius 1 is 0.848 bits per heavy atom. The Morgan fingerprint density at radius 3 is 1.76 bits per heavy atom. The van der Waals surface area contributed by atoms with Gasteiger partial charge in [-0.3, -0.25) is 9.59 Å². The Hall–Kier alpha value is -3.10. The molecule has 0 saturated heterocycles. The highest BCUT2D eigenvalue weighted by Crippen LogP contribution is 2.33. The van der Waals surface area contributed by atoms with Gasteiger partial charge in [0.05, 0.1) is 10.8 Å². The third-order valence-corrected chi connectivity index (χ3v) is 4.07. The van der Waals surface area contributed by atoms with Crippen molar-refractivity contribution in [3.8, 4) is 11.5 Å². The molecule has 1 aromatic carbocycles. The maximum Gasteiger partial charge on any atom is 0.408 e. The quantitative estimate of drug-likeness (QED) is 0.474. The minimum absolute atomic E-state index is 0.0218. The first-order valence-electron chi connectivity index (χ1n) is 10.6. The molecule has 9 heteroatoms. The molecule has 0 aliphatic heterocycles. The number of carboxylic acid groups (broad SMARTS) is 1. The van der Waals surface area contributed by atoms with Crippen molar-refractivity contribution in [2.75, 3.05) is 0 Å². The van der Waals surface area contributed by atoms with Gasteiger partial charge in [-0.15, -0.1) is 0 Å². The molecule has 33 heavy (non-hydrogen) atoms. The van der Waals surface area contributed by atoms with E-state index in [4.69, 9.17) is 14.2 Å². The number of hydrogen-bond donors (Lipinski definition) is 2. The van der Waals surface area contributed by atoms with Crippen LogP contribution >= 0.6 is 0 Å². The van der Waals surface area contributed by atoms with Gasteiger partial charge in [-0.25, -0.2) is 9.59 Å². The molecule has 0 aliphatic rings. The standard InChI is InChI=1S/C24H35NO8/c1-22(2,3)19(28)31-16-11-10-14(13-17(16)32-20(29)23(4,5)6)12-15(18(26)27)25-21(30)33-24(7,8)9/h10-11,13,15H,12H2,1-9H3,(H,25,30)(H,26,27)/t15-/m0/s1. The predicted molar refractivity (Wildman–Crippen MR) is 121 cm³/mol. The molecule has 0 fully saturated rings. The molecule has 0 unspecified atom stereocenters. The van der Waals surface area contributed by atoms with Crippen LogP contribution in [0.3, 0.4) is 0 Å². The molecule has 0 aromatic heterocycles. The molecule has 2 N–H and O–H groups in total. The Balaban J connectivity index is 3.23. The van der Waals surface area contributed by atoms with Gasteiger partial charge in [-0.1, -0.05) is 6.07 Å². The smallest absolute Gasteiger partial charge is 0.408 e. The molecule has 9 nitrogen and oxygen atoms in total. The molecular weight excluding hydrogens is 430 g/mol. The minimum atomic E-state index is -1.30. The highest BCUT2D eigenvalue weighted by molar-refractivity contribution is 5.82. The monoisotopic (exact) mass is 465 g/mol. The van der Waals surface area contributed by atoms with E-state index in [1.165, 1.54) is 18.2 Å². The van der Waals surface area contributed by atoms with Crippen LogP contribution in [0.15, 0.2) is 18.2 Å². The SMILES string of the molecule is CC(C)(C)OC(=O)N[C@@H](Cc1ccc(OC(=O)C(C)(C)C)c(OC(=O)C(C)(C)C)c1)C(=O)O. The van der Waals surface area contributed by atoms with Crippen molar-refractivity contribution in [2.24, 2.45) is 10.8 Å². The number of carbonyl (C=O) groups excluding carboxylic acids is 3. The summed E-state index contributed by atoms with van der Waals surface area (Å²) in [6.07, 6.45) is -0.993. The van der Waals surface area contributed by atoms with E-state index in [1.807, 2.05) is 0 Å². The fourth-order valence-electron chi connectivity index (χ4n) is 2.24. The summed E-state index contributed by atoms with van der Waals surface area (Å²) in [5, 5.41) is 11.9. The third-order valence-electron chi connectivity index (χ3n) is 4.07. The van der Waals surface area contributed by atoms with Gasteiger partial charge in [-0.2, -0.15) is 0 Å². The van der Waals surface area contributed by atoms with Crippen LogP contribution in [-0.2, 0) is 25.5 Å². The Bertz CT molecular complexity index is 901. The van der Waals surface area contributed by atoms with E-state index in [-0.39, 0.29) is 17.9 Å². The number of esters is 2. The lowest BCUT2D eigenvalue weighted by Gasteiger charge is -2.23. The van der Waals surface area contributed by atoms with Crippen LogP contribution in [-0.4, -0.2) is 40.8 Å². The molecule has 1 aromatic rings. The topological polar surface area (TPSA) is 128 Å². The normalized spacial score (nSPS) is 13.0. The molecular formula is C24H35NO8. The van der Waals surface area contributed by atoms with Gasteiger partial charge < -0.3 is 24.6 Å². The van der Waals surface area contributed by atoms with Crippen LogP contribution in [0.25, 0.3) is 0 Å². The second-order valence-corrected chi connectivity index (χ2v) is 10.8. The summed E-state index contributed by atoms with van der Waals surface area (Å²) in [5.41, 5.74) is -1.98. The number of hydrogen-bond acceptors (Lipinski definition) is 7. The number of amides is 1. The number of rotatable bonds is 6. The number of carboxylic acids is 1. The van der Waals surface area contributed by atoms with E-state index in [0.29, 0.717) is 5.56 Å². The van der Waals surface area contributed by atoms with Crippen molar-refractivity contribution < 1.29 is 38.5 Å². The summed E-state index contributed by atoms with van der Waals surface area (Å²) in [6, 6.07) is 3.08. The van der Waals surface area contributed by atoms with E-state index >= 15 is 0 Å². The van der Waals surface area contributed by atoms with Crippen molar-refractivity contribution in [1.29, 1.82) is 0 Å². The van der Waals surface area contributed by atoms with Gasteiger partial charge in [0.25, 0.3) is 0 Å².